The van der Waals surface area contributed by atoms with E-state index in [1.807, 2.05) is 29.2 Å². The van der Waals surface area contributed by atoms with Crippen molar-refractivity contribution in [3.8, 4) is 0 Å². The molecule has 20 heavy (non-hydrogen) atoms. The van der Waals surface area contributed by atoms with Crippen LogP contribution >= 0.6 is 0 Å². The van der Waals surface area contributed by atoms with Crippen LogP contribution in [0.25, 0.3) is 0 Å². The summed E-state index contributed by atoms with van der Waals surface area (Å²) in [5.74, 6) is -0.0152. The maximum atomic E-state index is 12.1. The van der Waals surface area contributed by atoms with E-state index in [1.54, 1.807) is 6.92 Å². The molecule has 2 heterocycles. The van der Waals surface area contributed by atoms with Gasteiger partial charge in [0.25, 0.3) is 0 Å². The minimum atomic E-state index is -3.25. The second-order valence-electron chi connectivity index (χ2n) is 5.13. The number of hydrogen-bond acceptors (Lipinski definition) is 4. The van der Waals surface area contributed by atoms with Crippen molar-refractivity contribution in [2.24, 2.45) is 0 Å². The topological polar surface area (TPSA) is 78.5 Å². The molecule has 0 saturated carbocycles. The molecule has 2 atom stereocenters. The number of rotatable bonds is 3. The molecule has 0 spiro atoms. The molecule has 1 amide bonds. The second kappa shape index (κ2) is 4.75. The lowest BCUT2D eigenvalue weighted by molar-refractivity contribution is -0.117. The highest BCUT2D eigenvalue weighted by atomic mass is 32.2. The fraction of sp³-hybridized carbons (Fsp3) is 0.462. The van der Waals surface area contributed by atoms with Crippen LogP contribution in [0.1, 0.15) is 13.3 Å². The van der Waals surface area contributed by atoms with E-state index in [-0.39, 0.29) is 23.7 Å². The van der Waals surface area contributed by atoms with Gasteiger partial charge >= 0.3 is 0 Å². The number of para-hydroxylation sites is 2. The fourth-order valence-corrected chi connectivity index (χ4v) is 3.66. The SMILES string of the molecule is CCS(=O)(=O)NC1CC2C(=O)Nc3ccccc3N2C1. The minimum absolute atomic E-state index is 0.0525. The van der Waals surface area contributed by atoms with E-state index in [0.717, 1.165) is 11.4 Å². The first-order valence-corrected chi connectivity index (χ1v) is 8.32. The molecule has 0 bridgehead atoms. The van der Waals surface area contributed by atoms with Gasteiger partial charge in [0, 0.05) is 12.6 Å². The predicted molar refractivity (Wildman–Crippen MR) is 77.2 cm³/mol. The largest absolute Gasteiger partial charge is 0.356 e. The molecular formula is C13H17N3O3S. The van der Waals surface area contributed by atoms with Crippen LogP contribution in [0.2, 0.25) is 0 Å². The number of benzene rings is 1. The van der Waals surface area contributed by atoms with Crippen molar-refractivity contribution >= 4 is 27.3 Å². The zero-order valence-electron chi connectivity index (χ0n) is 11.2. The van der Waals surface area contributed by atoms with Gasteiger partial charge in [-0.2, -0.15) is 0 Å². The van der Waals surface area contributed by atoms with Crippen LogP contribution < -0.4 is 14.9 Å². The van der Waals surface area contributed by atoms with Gasteiger partial charge in [0.15, 0.2) is 0 Å². The summed E-state index contributed by atoms with van der Waals surface area (Å²) < 4.78 is 26.0. The molecule has 2 unspecified atom stereocenters. The third-order valence-electron chi connectivity index (χ3n) is 3.80. The Morgan fingerprint density at radius 3 is 2.90 bits per heavy atom. The molecule has 7 heteroatoms. The van der Waals surface area contributed by atoms with Gasteiger partial charge in [-0.1, -0.05) is 12.1 Å². The van der Waals surface area contributed by atoms with Crippen molar-refractivity contribution in [1.82, 2.24) is 4.72 Å². The summed E-state index contributed by atoms with van der Waals surface area (Å²) in [6, 6.07) is 7.06. The summed E-state index contributed by atoms with van der Waals surface area (Å²) >= 11 is 0. The van der Waals surface area contributed by atoms with E-state index in [0.29, 0.717) is 13.0 Å². The van der Waals surface area contributed by atoms with Crippen LogP contribution in [-0.4, -0.2) is 38.7 Å². The molecule has 2 aliphatic rings. The van der Waals surface area contributed by atoms with E-state index in [4.69, 9.17) is 0 Å². The zero-order valence-corrected chi connectivity index (χ0v) is 12.0. The molecule has 1 fully saturated rings. The Hall–Kier alpha value is -1.60. The number of nitrogens with one attached hydrogen (secondary N) is 2. The number of nitrogens with zero attached hydrogens (tertiary/aromatic N) is 1. The van der Waals surface area contributed by atoms with Crippen LogP contribution in [0.4, 0.5) is 11.4 Å². The highest BCUT2D eigenvalue weighted by Crippen LogP contribution is 2.36. The highest BCUT2D eigenvalue weighted by Gasteiger charge is 2.41. The van der Waals surface area contributed by atoms with Gasteiger partial charge in [-0.15, -0.1) is 0 Å². The fourth-order valence-electron chi connectivity index (χ4n) is 2.82. The Balaban J connectivity index is 1.86. The Morgan fingerprint density at radius 2 is 2.15 bits per heavy atom. The molecular weight excluding hydrogens is 278 g/mol. The first kappa shape index (κ1) is 13.4. The standard InChI is InChI=1S/C13H17N3O3S/c1-2-20(18,19)15-9-7-12-13(17)14-10-5-3-4-6-11(10)16(12)8-9/h3-6,9,12,15H,2,7-8H2,1H3,(H,14,17). The molecule has 0 aliphatic carbocycles. The smallest absolute Gasteiger partial charge is 0.247 e. The average molecular weight is 295 g/mol. The number of fused-ring (bicyclic) bond motifs is 3. The van der Waals surface area contributed by atoms with E-state index in [2.05, 4.69) is 10.0 Å². The molecule has 2 aliphatic heterocycles. The van der Waals surface area contributed by atoms with Crippen LogP contribution in [0.15, 0.2) is 24.3 Å². The number of anilines is 2. The van der Waals surface area contributed by atoms with Crippen molar-refractivity contribution in [2.75, 3.05) is 22.5 Å². The quantitative estimate of drug-likeness (QED) is 0.852. The summed E-state index contributed by atoms with van der Waals surface area (Å²) in [6.45, 7) is 2.13. The Bertz CT molecular complexity index is 644. The zero-order chi connectivity index (χ0) is 14.3. The summed E-state index contributed by atoms with van der Waals surface area (Å²) in [6.07, 6.45) is 0.499. The van der Waals surface area contributed by atoms with Crippen molar-refractivity contribution in [3.05, 3.63) is 24.3 Å². The highest BCUT2D eigenvalue weighted by molar-refractivity contribution is 7.89. The molecule has 1 aromatic rings. The second-order valence-corrected chi connectivity index (χ2v) is 7.17. The first-order chi connectivity index (χ1) is 9.50. The number of carbonyl (C=O) groups is 1. The van der Waals surface area contributed by atoms with Crippen molar-refractivity contribution in [1.29, 1.82) is 0 Å². The van der Waals surface area contributed by atoms with Crippen molar-refractivity contribution in [3.63, 3.8) is 0 Å². The number of hydrogen-bond donors (Lipinski definition) is 2. The molecule has 3 rings (SSSR count). The predicted octanol–water partition coefficient (Wildman–Crippen LogP) is 0.525. The maximum Gasteiger partial charge on any atom is 0.247 e. The van der Waals surface area contributed by atoms with Crippen LogP contribution in [-0.2, 0) is 14.8 Å². The van der Waals surface area contributed by atoms with Gasteiger partial charge in [0.05, 0.1) is 17.1 Å². The lowest BCUT2D eigenvalue weighted by Crippen LogP contribution is -2.44. The van der Waals surface area contributed by atoms with E-state index < -0.39 is 10.0 Å². The van der Waals surface area contributed by atoms with Gasteiger partial charge < -0.3 is 10.2 Å². The molecule has 1 saturated heterocycles. The normalized spacial score (nSPS) is 25.1. The Kier molecular flexibility index (Phi) is 3.18. The Labute approximate surface area is 118 Å². The molecule has 1 aromatic carbocycles. The van der Waals surface area contributed by atoms with Gasteiger partial charge in [-0.3, -0.25) is 4.79 Å². The van der Waals surface area contributed by atoms with E-state index in [9.17, 15) is 13.2 Å². The van der Waals surface area contributed by atoms with Crippen LogP contribution in [0.3, 0.4) is 0 Å². The third-order valence-corrected chi connectivity index (χ3v) is 5.25. The van der Waals surface area contributed by atoms with Crippen LogP contribution in [0.5, 0.6) is 0 Å². The number of carbonyl (C=O) groups excluding carboxylic acids is 1. The van der Waals surface area contributed by atoms with Gasteiger partial charge in [-0.25, -0.2) is 13.1 Å². The third kappa shape index (κ3) is 2.27. The van der Waals surface area contributed by atoms with Gasteiger partial charge in [-0.05, 0) is 25.5 Å². The molecule has 108 valence electrons. The molecule has 0 aromatic heterocycles. The molecule has 0 radical (unpaired) electrons. The number of sulfonamides is 1. The summed E-state index contributed by atoms with van der Waals surface area (Å²) in [5, 5.41) is 2.87. The number of amides is 1. The molecule has 6 nitrogen and oxygen atoms in total. The average Bonchev–Trinajstić information content (AvgIpc) is 2.83. The summed E-state index contributed by atoms with van der Waals surface area (Å²) in [5.41, 5.74) is 1.74. The summed E-state index contributed by atoms with van der Waals surface area (Å²) in [7, 11) is -3.25. The first-order valence-electron chi connectivity index (χ1n) is 6.66. The molecule has 2 N–H and O–H groups in total. The van der Waals surface area contributed by atoms with E-state index >= 15 is 0 Å². The van der Waals surface area contributed by atoms with Gasteiger partial charge in [0.1, 0.15) is 6.04 Å². The van der Waals surface area contributed by atoms with Crippen molar-refractivity contribution < 1.29 is 13.2 Å². The maximum absolute atomic E-state index is 12.1. The van der Waals surface area contributed by atoms with Gasteiger partial charge in [0.2, 0.25) is 15.9 Å². The lowest BCUT2D eigenvalue weighted by atomic mass is 10.1. The lowest BCUT2D eigenvalue weighted by Gasteiger charge is -2.32. The van der Waals surface area contributed by atoms with Crippen molar-refractivity contribution in [2.45, 2.75) is 25.4 Å². The minimum Gasteiger partial charge on any atom is -0.356 e. The monoisotopic (exact) mass is 295 g/mol. The van der Waals surface area contributed by atoms with E-state index in [1.165, 1.54) is 0 Å². The Morgan fingerprint density at radius 1 is 1.40 bits per heavy atom. The summed E-state index contributed by atoms with van der Waals surface area (Å²) in [4.78, 5) is 14.1. The van der Waals surface area contributed by atoms with Crippen LogP contribution in [0, 0.1) is 0 Å².